The van der Waals surface area contributed by atoms with E-state index in [1.807, 2.05) is 10.8 Å². The van der Waals surface area contributed by atoms with Crippen LogP contribution in [0.3, 0.4) is 0 Å². The van der Waals surface area contributed by atoms with Crippen LogP contribution in [0.15, 0.2) is 12.5 Å². The number of nitrogens with one attached hydrogen (secondary N) is 2. The molecule has 1 fully saturated rings. The maximum atomic E-state index is 11.9. The van der Waals surface area contributed by atoms with E-state index in [9.17, 15) is 4.79 Å². The zero-order chi connectivity index (χ0) is 14.2. The van der Waals surface area contributed by atoms with Gasteiger partial charge in [0.05, 0.1) is 12.0 Å². The number of aromatic nitrogens is 2. The van der Waals surface area contributed by atoms with E-state index in [4.69, 9.17) is 4.74 Å². The summed E-state index contributed by atoms with van der Waals surface area (Å²) in [5.74, 6) is 0.0486. The molecule has 2 heterocycles. The third-order valence-corrected chi connectivity index (χ3v) is 3.41. The predicted molar refractivity (Wildman–Crippen MR) is 76.5 cm³/mol. The van der Waals surface area contributed by atoms with E-state index in [0.717, 1.165) is 51.3 Å². The molecule has 112 valence electrons. The number of hydrogen-bond acceptors (Lipinski definition) is 4. The normalized spacial score (nSPS) is 16.2. The van der Waals surface area contributed by atoms with E-state index in [-0.39, 0.29) is 11.9 Å². The Hall–Kier alpha value is -1.40. The van der Waals surface area contributed by atoms with Gasteiger partial charge in [0.2, 0.25) is 5.91 Å². The van der Waals surface area contributed by atoms with Crippen molar-refractivity contribution in [3.63, 3.8) is 0 Å². The molecule has 0 saturated carbocycles. The van der Waals surface area contributed by atoms with Crippen LogP contribution in [-0.4, -0.2) is 47.8 Å². The highest BCUT2D eigenvalue weighted by atomic mass is 16.5. The third kappa shape index (κ3) is 4.94. The highest BCUT2D eigenvalue weighted by Crippen LogP contribution is 2.06. The molecular formula is C14H24N4O2. The fourth-order valence-electron chi connectivity index (χ4n) is 2.30. The van der Waals surface area contributed by atoms with Gasteiger partial charge in [0, 0.05) is 38.4 Å². The molecule has 0 spiro atoms. The smallest absolute Gasteiger partial charge is 0.240 e. The summed E-state index contributed by atoms with van der Waals surface area (Å²) in [5, 5.41) is 6.31. The number of imidazole rings is 1. The first-order valence-electron chi connectivity index (χ1n) is 7.36. The molecule has 0 aromatic carbocycles. The molecule has 2 rings (SSSR count). The lowest BCUT2D eigenvalue weighted by atomic mass is 10.1. The fraction of sp³-hybridized carbons (Fsp3) is 0.714. The largest absolute Gasteiger partial charge is 0.381 e. The van der Waals surface area contributed by atoms with Crippen LogP contribution in [0.5, 0.6) is 0 Å². The molecule has 0 bridgehead atoms. The molecule has 1 aliphatic rings. The van der Waals surface area contributed by atoms with E-state index in [1.165, 1.54) is 0 Å². The number of hydrogen-bond donors (Lipinski definition) is 2. The molecule has 0 unspecified atom stereocenters. The molecule has 20 heavy (non-hydrogen) atoms. The van der Waals surface area contributed by atoms with Crippen molar-refractivity contribution in [3.8, 4) is 0 Å². The Kier molecular flexibility index (Phi) is 6.01. The Balaban J connectivity index is 1.73. The van der Waals surface area contributed by atoms with Gasteiger partial charge in [-0.15, -0.1) is 0 Å². The lowest BCUT2D eigenvalue weighted by Gasteiger charge is -2.23. The van der Waals surface area contributed by atoms with Crippen molar-refractivity contribution in [2.45, 2.75) is 38.8 Å². The minimum Gasteiger partial charge on any atom is -0.381 e. The van der Waals surface area contributed by atoms with Crippen molar-refractivity contribution in [2.24, 2.45) is 0 Å². The molecule has 0 radical (unpaired) electrons. The van der Waals surface area contributed by atoms with Gasteiger partial charge in [-0.3, -0.25) is 4.79 Å². The minimum absolute atomic E-state index is 0.0486. The average Bonchev–Trinajstić information content (AvgIpc) is 2.87. The SMILES string of the molecule is CCNCCc1cn(CC(=O)NC2CCOCC2)cn1. The highest BCUT2D eigenvalue weighted by molar-refractivity contribution is 5.76. The summed E-state index contributed by atoms with van der Waals surface area (Å²) in [4.78, 5) is 16.2. The molecule has 0 atom stereocenters. The van der Waals surface area contributed by atoms with Crippen LogP contribution >= 0.6 is 0 Å². The maximum absolute atomic E-state index is 11.9. The van der Waals surface area contributed by atoms with E-state index >= 15 is 0 Å². The Morgan fingerprint density at radius 3 is 3.05 bits per heavy atom. The predicted octanol–water partition coefficient (Wildman–Crippen LogP) is 0.330. The number of likely N-dealkylation sites (N-methyl/N-ethyl adjacent to an activating group) is 1. The number of carbonyl (C=O) groups excluding carboxylic acids is 1. The third-order valence-electron chi connectivity index (χ3n) is 3.41. The molecule has 1 amide bonds. The second-order valence-corrected chi connectivity index (χ2v) is 5.10. The first-order valence-corrected chi connectivity index (χ1v) is 7.36. The van der Waals surface area contributed by atoms with Gasteiger partial charge < -0.3 is 19.9 Å². The molecule has 6 nitrogen and oxygen atoms in total. The lowest BCUT2D eigenvalue weighted by Crippen LogP contribution is -2.40. The summed E-state index contributed by atoms with van der Waals surface area (Å²) in [6.07, 6.45) is 6.38. The monoisotopic (exact) mass is 280 g/mol. The van der Waals surface area contributed by atoms with E-state index in [2.05, 4.69) is 22.5 Å². The van der Waals surface area contributed by atoms with E-state index in [0.29, 0.717) is 6.54 Å². The van der Waals surface area contributed by atoms with Gasteiger partial charge in [0.25, 0.3) is 0 Å². The molecule has 6 heteroatoms. The molecule has 1 aliphatic heterocycles. The summed E-state index contributed by atoms with van der Waals surface area (Å²) < 4.78 is 7.12. The summed E-state index contributed by atoms with van der Waals surface area (Å²) in [5.41, 5.74) is 1.02. The van der Waals surface area contributed by atoms with Crippen LogP contribution in [-0.2, 0) is 22.5 Å². The number of nitrogens with zero attached hydrogens (tertiary/aromatic N) is 2. The van der Waals surface area contributed by atoms with E-state index < -0.39 is 0 Å². The van der Waals surface area contributed by atoms with Crippen molar-refractivity contribution < 1.29 is 9.53 Å². The fourth-order valence-corrected chi connectivity index (χ4v) is 2.30. The Morgan fingerprint density at radius 1 is 1.50 bits per heavy atom. The van der Waals surface area contributed by atoms with Crippen LogP contribution in [0.2, 0.25) is 0 Å². The van der Waals surface area contributed by atoms with Gasteiger partial charge in [-0.2, -0.15) is 0 Å². The van der Waals surface area contributed by atoms with Gasteiger partial charge >= 0.3 is 0 Å². The van der Waals surface area contributed by atoms with Crippen molar-refractivity contribution in [2.75, 3.05) is 26.3 Å². The second kappa shape index (κ2) is 8.01. The minimum atomic E-state index is 0.0486. The highest BCUT2D eigenvalue weighted by Gasteiger charge is 2.16. The van der Waals surface area contributed by atoms with Crippen molar-refractivity contribution in [3.05, 3.63) is 18.2 Å². The number of amides is 1. The molecular weight excluding hydrogens is 256 g/mol. The first-order chi connectivity index (χ1) is 9.78. The Bertz CT molecular complexity index is 413. The summed E-state index contributed by atoms with van der Waals surface area (Å²) in [6, 6.07) is 0.257. The van der Waals surface area contributed by atoms with E-state index in [1.54, 1.807) is 6.33 Å². The Morgan fingerprint density at radius 2 is 2.30 bits per heavy atom. The molecule has 1 saturated heterocycles. The second-order valence-electron chi connectivity index (χ2n) is 5.10. The topological polar surface area (TPSA) is 68.2 Å². The number of ether oxygens (including phenoxy) is 1. The van der Waals surface area contributed by atoms with Crippen molar-refractivity contribution in [1.82, 2.24) is 20.2 Å². The Labute approximate surface area is 119 Å². The summed E-state index contributed by atoms with van der Waals surface area (Å²) in [6.45, 7) is 5.79. The zero-order valence-corrected chi connectivity index (χ0v) is 12.1. The van der Waals surface area contributed by atoms with Gasteiger partial charge in [-0.05, 0) is 19.4 Å². The van der Waals surface area contributed by atoms with Gasteiger partial charge in [0.1, 0.15) is 6.54 Å². The van der Waals surface area contributed by atoms with Crippen LogP contribution in [0.1, 0.15) is 25.5 Å². The first kappa shape index (κ1) is 15.0. The van der Waals surface area contributed by atoms with Gasteiger partial charge in [0.15, 0.2) is 0 Å². The quantitative estimate of drug-likeness (QED) is 0.706. The zero-order valence-electron chi connectivity index (χ0n) is 12.1. The van der Waals surface area contributed by atoms with Crippen LogP contribution in [0.25, 0.3) is 0 Å². The van der Waals surface area contributed by atoms with Crippen LogP contribution in [0, 0.1) is 0 Å². The van der Waals surface area contributed by atoms with Crippen LogP contribution < -0.4 is 10.6 Å². The standard InChI is InChI=1S/C14H24N4O2/c1-2-15-6-3-13-9-18(11-16-13)10-14(19)17-12-4-7-20-8-5-12/h9,11-12,15H,2-8,10H2,1H3,(H,17,19). The van der Waals surface area contributed by atoms with Gasteiger partial charge in [-0.25, -0.2) is 4.98 Å². The van der Waals surface area contributed by atoms with Crippen molar-refractivity contribution in [1.29, 1.82) is 0 Å². The summed E-state index contributed by atoms with van der Waals surface area (Å²) in [7, 11) is 0. The molecule has 1 aromatic heterocycles. The molecule has 1 aromatic rings. The van der Waals surface area contributed by atoms with Gasteiger partial charge in [-0.1, -0.05) is 6.92 Å². The van der Waals surface area contributed by atoms with Crippen molar-refractivity contribution >= 4 is 5.91 Å². The summed E-state index contributed by atoms with van der Waals surface area (Å²) >= 11 is 0. The maximum Gasteiger partial charge on any atom is 0.240 e. The van der Waals surface area contributed by atoms with Crippen LogP contribution in [0.4, 0.5) is 0 Å². The number of rotatable bonds is 7. The molecule has 2 N–H and O–H groups in total. The molecule has 0 aliphatic carbocycles. The number of carbonyl (C=O) groups is 1. The average molecular weight is 280 g/mol. The lowest BCUT2D eigenvalue weighted by molar-refractivity contribution is -0.122.